The molecule has 0 aliphatic carbocycles. The van der Waals surface area contributed by atoms with Gasteiger partial charge in [-0.3, -0.25) is 14.2 Å². The molecule has 2 aromatic carbocycles. The van der Waals surface area contributed by atoms with Crippen molar-refractivity contribution < 1.29 is 13.9 Å². The summed E-state index contributed by atoms with van der Waals surface area (Å²) in [6.07, 6.45) is 1.35. The highest BCUT2D eigenvalue weighted by Crippen LogP contribution is 2.28. The van der Waals surface area contributed by atoms with Crippen molar-refractivity contribution in [1.29, 1.82) is 0 Å². The smallest absolute Gasteiger partial charge is 0.319 e. The molecule has 0 aliphatic rings. The molecule has 146 valence electrons. The van der Waals surface area contributed by atoms with Crippen molar-refractivity contribution in [2.24, 2.45) is 0 Å². The first-order valence-electron chi connectivity index (χ1n) is 9.16. The minimum absolute atomic E-state index is 0.279. The minimum atomic E-state index is -0.502. The van der Waals surface area contributed by atoms with Gasteiger partial charge in [0.1, 0.15) is 11.1 Å². The van der Waals surface area contributed by atoms with Crippen LogP contribution >= 0.6 is 11.8 Å². The summed E-state index contributed by atoms with van der Waals surface area (Å²) < 4.78 is 20.4. The highest BCUT2D eigenvalue weighted by Gasteiger charge is 2.24. The van der Waals surface area contributed by atoms with Crippen LogP contribution in [0, 0.1) is 5.82 Å². The maximum atomic E-state index is 13.8. The molecule has 7 heteroatoms. The Bertz CT molecular complexity index is 1050. The van der Waals surface area contributed by atoms with Crippen molar-refractivity contribution in [2.75, 3.05) is 6.61 Å². The lowest BCUT2D eigenvalue weighted by Gasteiger charge is -2.18. The molecule has 0 fully saturated rings. The van der Waals surface area contributed by atoms with Gasteiger partial charge in [0.05, 0.1) is 23.2 Å². The standard InChI is InChI=1S/C21H21FN2O3S/c1-3-8-18(20(26)27-4-2)28-21-23-17-12-6-5-11-16(17)19(25)24(21)15-10-7-9-14(22)13-15/h5-7,9-13,18H,3-4,8H2,1-2H3. The van der Waals surface area contributed by atoms with Crippen LogP contribution < -0.4 is 5.56 Å². The molecule has 1 unspecified atom stereocenters. The highest BCUT2D eigenvalue weighted by atomic mass is 32.2. The molecule has 0 aliphatic heterocycles. The lowest BCUT2D eigenvalue weighted by Crippen LogP contribution is -2.25. The third kappa shape index (κ3) is 4.25. The van der Waals surface area contributed by atoms with Crippen LogP contribution in [0.25, 0.3) is 16.6 Å². The highest BCUT2D eigenvalue weighted by molar-refractivity contribution is 8.00. The second-order valence-corrected chi connectivity index (χ2v) is 7.35. The molecule has 0 saturated heterocycles. The molecule has 3 rings (SSSR count). The van der Waals surface area contributed by atoms with E-state index in [-0.39, 0.29) is 18.1 Å². The maximum absolute atomic E-state index is 13.8. The number of para-hydroxylation sites is 1. The van der Waals surface area contributed by atoms with Crippen LogP contribution in [0.3, 0.4) is 0 Å². The van der Waals surface area contributed by atoms with Crippen molar-refractivity contribution in [1.82, 2.24) is 9.55 Å². The topological polar surface area (TPSA) is 61.2 Å². The minimum Gasteiger partial charge on any atom is -0.465 e. The molecule has 0 N–H and O–H groups in total. The van der Waals surface area contributed by atoms with Crippen LogP contribution in [0.15, 0.2) is 58.5 Å². The molecule has 5 nitrogen and oxygen atoms in total. The predicted molar refractivity (Wildman–Crippen MR) is 108 cm³/mol. The largest absolute Gasteiger partial charge is 0.465 e. The molecular formula is C21H21FN2O3S. The average molecular weight is 400 g/mol. The van der Waals surface area contributed by atoms with Gasteiger partial charge in [-0.05, 0) is 43.7 Å². The zero-order valence-electron chi connectivity index (χ0n) is 15.7. The van der Waals surface area contributed by atoms with E-state index in [0.29, 0.717) is 28.2 Å². The van der Waals surface area contributed by atoms with Gasteiger partial charge >= 0.3 is 5.97 Å². The molecule has 3 aromatic rings. The number of carbonyl (C=O) groups is 1. The van der Waals surface area contributed by atoms with Gasteiger partial charge < -0.3 is 4.74 Å². The van der Waals surface area contributed by atoms with E-state index in [4.69, 9.17) is 4.74 Å². The van der Waals surface area contributed by atoms with E-state index in [0.717, 1.165) is 6.42 Å². The van der Waals surface area contributed by atoms with Gasteiger partial charge in [-0.25, -0.2) is 9.37 Å². The van der Waals surface area contributed by atoms with Crippen LogP contribution in [0.4, 0.5) is 4.39 Å². The Balaban J connectivity index is 2.18. The number of fused-ring (bicyclic) bond motifs is 1. The quantitative estimate of drug-likeness (QED) is 0.335. The Morgan fingerprint density at radius 1 is 1.21 bits per heavy atom. The van der Waals surface area contributed by atoms with Crippen molar-refractivity contribution in [2.45, 2.75) is 37.1 Å². The summed E-state index contributed by atoms with van der Waals surface area (Å²) in [7, 11) is 0. The average Bonchev–Trinajstić information content (AvgIpc) is 2.68. The Morgan fingerprint density at radius 2 is 2.00 bits per heavy atom. The van der Waals surface area contributed by atoms with Crippen molar-refractivity contribution in [3.05, 3.63) is 64.7 Å². The summed E-state index contributed by atoms with van der Waals surface area (Å²) in [5.41, 5.74) is 0.587. The third-order valence-corrected chi connectivity index (χ3v) is 5.36. The number of esters is 1. The van der Waals surface area contributed by atoms with Crippen LogP contribution in [0.5, 0.6) is 0 Å². The zero-order valence-corrected chi connectivity index (χ0v) is 16.5. The molecule has 0 saturated carbocycles. The molecule has 28 heavy (non-hydrogen) atoms. The molecule has 0 bridgehead atoms. The number of thioether (sulfide) groups is 1. The van der Waals surface area contributed by atoms with Gasteiger partial charge in [0.25, 0.3) is 5.56 Å². The zero-order chi connectivity index (χ0) is 20.1. The first-order valence-corrected chi connectivity index (χ1v) is 10.0. The van der Waals surface area contributed by atoms with E-state index in [9.17, 15) is 14.0 Å². The predicted octanol–water partition coefficient (Wildman–Crippen LogP) is 4.35. The van der Waals surface area contributed by atoms with Gasteiger partial charge in [0.2, 0.25) is 0 Å². The monoisotopic (exact) mass is 400 g/mol. The molecule has 1 aromatic heterocycles. The summed E-state index contributed by atoms with van der Waals surface area (Å²) in [6, 6.07) is 12.8. The number of ether oxygens (including phenoxy) is 1. The van der Waals surface area contributed by atoms with Gasteiger partial charge in [0, 0.05) is 0 Å². The summed E-state index contributed by atoms with van der Waals surface area (Å²) in [6.45, 7) is 4.00. The van der Waals surface area contributed by atoms with E-state index in [1.54, 1.807) is 37.3 Å². The fraction of sp³-hybridized carbons (Fsp3) is 0.286. The first kappa shape index (κ1) is 20.1. The SMILES string of the molecule is CCCC(Sc1nc2ccccc2c(=O)n1-c1cccc(F)c1)C(=O)OCC. The van der Waals surface area contributed by atoms with Crippen LogP contribution in [-0.4, -0.2) is 27.4 Å². The van der Waals surface area contributed by atoms with E-state index < -0.39 is 11.1 Å². The van der Waals surface area contributed by atoms with E-state index >= 15 is 0 Å². The molecule has 1 atom stereocenters. The van der Waals surface area contributed by atoms with Crippen molar-refractivity contribution >= 4 is 28.6 Å². The van der Waals surface area contributed by atoms with Crippen LogP contribution in [0.1, 0.15) is 26.7 Å². The van der Waals surface area contributed by atoms with Gasteiger partial charge in [-0.1, -0.05) is 43.3 Å². The number of nitrogens with zero attached hydrogens (tertiary/aromatic N) is 2. The number of carbonyl (C=O) groups excluding carboxylic acids is 1. The second kappa shape index (κ2) is 9.01. The van der Waals surface area contributed by atoms with E-state index in [2.05, 4.69) is 4.98 Å². The van der Waals surface area contributed by atoms with Crippen LogP contribution in [-0.2, 0) is 9.53 Å². The number of aromatic nitrogens is 2. The van der Waals surface area contributed by atoms with Crippen molar-refractivity contribution in [3.8, 4) is 5.69 Å². The van der Waals surface area contributed by atoms with Crippen molar-refractivity contribution in [3.63, 3.8) is 0 Å². The first-order chi connectivity index (χ1) is 13.5. The number of halogens is 1. The number of hydrogen-bond donors (Lipinski definition) is 0. The van der Waals surface area contributed by atoms with E-state index in [1.807, 2.05) is 6.92 Å². The van der Waals surface area contributed by atoms with Gasteiger partial charge in [0.15, 0.2) is 5.16 Å². The fourth-order valence-electron chi connectivity index (χ4n) is 2.88. The number of rotatable bonds is 7. The normalized spacial score (nSPS) is 12.1. The summed E-state index contributed by atoms with van der Waals surface area (Å²) in [4.78, 5) is 30.1. The maximum Gasteiger partial charge on any atom is 0.319 e. The lowest BCUT2D eigenvalue weighted by molar-refractivity contribution is -0.142. The summed E-state index contributed by atoms with van der Waals surface area (Å²) >= 11 is 1.17. The van der Waals surface area contributed by atoms with Gasteiger partial charge in [-0.2, -0.15) is 0 Å². The van der Waals surface area contributed by atoms with E-state index in [1.165, 1.54) is 34.5 Å². The molecule has 0 radical (unpaired) electrons. The van der Waals surface area contributed by atoms with Crippen LogP contribution in [0.2, 0.25) is 0 Å². The second-order valence-electron chi connectivity index (χ2n) is 6.18. The summed E-state index contributed by atoms with van der Waals surface area (Å²) in [5.74, 6) is -0.799. The molecule has 0 amide bonds. The molecular weight excluding hydrogens is 379 g/mol. The van der Waals surface area contributed by atoms with Gasteiger partial charge in [-0.15, -0.1) is 0 Å². The Labute approximate surface area is 166 Å². The number of benzene rings is 2. The fourth-order valence-corrected chi connectivity index (χ4v) is 4.10. The Hall–Kier alpha value is -2.67. The molecule has 1 heterocycles. The lowest BCUT2D eigenvalue weighted by atomic mass is 10.2. The Morgan fingerprint density at radius 3 is 2.71 bits per heavy atom. The third-order valence-electron chi connectivity index (χ3n) is 4.16. The summed E-state index contributed by atoms with van der Waals surface area (Å²) in [5, 5.41) is 0.262. The molecule has 0 spiro atoms. The number of hydrogen-bond acceptors (Lipinski definition) is 5. The Kier molecular flexibility index (Phi) is 6.46.